The van der Waals surface area contributed by atoms with Crippen molar-refractivity contribution >= 4 is 12.4 Å². The zero-order valence-electron chi connectivity index (χ0n) is 24.0. The van der Waals surface area contributed by atoms with Crippen LogP contribution in [0.1, 0.15) is 101 Å². The quantitative estimate of drug-likeness (QED) is 0.280. The largest absolute Gasteiger partial charge is 0.507 e. The van der Waals surface area contributed by atoms with E-state index in [1.807, 2.05) is 0 Å². The van der Waals surface area contributed by atoms with Crippen molar-refractivity contribution < 1.29 is 36.6 Å². The number of phenolic OH excluding ortho intramolecular Hbond substituents is 2. The Balaban J connectivity index is 1.74. The molecule has 2 N–H and O–H groups in total. The lowest BCUT2D eigenvalue weighted by Crippen LogP contribution is -2.34. The minimum absolute atomic E-state index is 0.0532. The standard InChI is InChI=1S/C31H36F6N2O2/c1-27(2,3)22-12-20(30(32,33)34)10-18(25(22)40)15-38-24-9-17-7-8-29(24,14-17)39-16-19-11-21(31(35,36)37)13-23(26(19)41)28(4,5)6/h10-13,15-17,24,40-41H,7-9,14H2,1-6H3. The van der Waals surface area contributed by atoms with Crippen molar-refractivity contribution in [2.75, 3.05) is 0 Å². The molecule has 2 aromatic carbocycles. The molecule has 0 aliphatic heterocycles. The summed E-state index contributed by atoms with van der Waals surface area (Å²) in [6.07, 6.45) is -4.03. The van der Waals surface area contributed by atoms with Gasteiger partial charge in [0.05, 0.1) is 22.7 Å². The fourth-order valence-electron chi connectivity index (χ4n) is 5.95. The van der Waals surface area contributed by atoms with Gasteiger partial charge in [0.1, 0.15) is 11.5 Å². The van der Waals surface area contributed by atoms with E-state index in [9.17, 15) is 36.6 Å². The Kier molecular flexibility index (Phi) is 7.58. The Labute approximate surface area is 236 Å². The minimum Gasteiger partial charge on any atom is -0.507 e. The van der Waals surface area contributed by atoms with E-state index in [2.05, 4.69) is 4.99 Å². The average Bonchev–Trinajstić information content (AvgIpc) is 3.38. The monoisotopic (exact) mass is 582 g/mol. The van der Waals surface area contributed by atoms with E-state index in [1.54, 1.807) is 41.5 Å². The molecule has 4 rings (SSSR count). The van der Waals surface area contributed by atoms with Gasteiger partial charge < -0.3 is 10.2 Å². The van der Waals surface area contributed by atoms with Gasteiger partial charge in [-0.05, 0) is 66.7 Å². The Morgan fingerprint density at radius 1 is 0.756 bits per heavy atom. The van der Waals surface area contributed by atoms with Crippen LogP contribution in [-0.2, 0) is 23.2 Å². The lowest BCUT2D eigenvalue weighted by atomic mass is 9.83. The Bertz CT molecular complexity index is 1380. The maximum Gasteiger partial charge on any atom is 0.416 e. The third-order valence-electron chi connectivity index (χ3n) is 8.21. The van der Waals surface area contributed by atoms with Gasteiger partial charge in [-0.2, -0.15) is 26.3 Å². The van der Waals surface area contributed by atoms with Crippen LogP contribution in [0.5, 0.6) is 11.5 Å². The summed E-state index contributed by atoms with van der Waals surface area (Å²) in [5.41, 5.74) is -3.89. The number of benzene rings is 2. The number of fused-ring (bicyclic) bond motifs is 2. The molecule has 0 amide bonds. The van der Waals surface area contributed by atoms with Crippen LogP contribution in [-0.4, -0.2) is 34.2 Å². The van der Waals surface area contributed by atoms with E-state index in [1.165, 1.54) is 12.4 Å². The second-order valence-electron chi connectivity index (χ2n) is 13.4. The van der Waals surface area contributed by atoms with Crippen LogP contribution in [0, 0.1) is 5.92 Å². The van der Waals surface area contributed by atoms with Crippen LogP contribution in [0.15, 0.2) is 34.3 Å². The van der Waals surface area contributed by atoms with Crippen molar-refractivity contribution in [3.63, 3.8) is 0 Å². The highest BCUT2D eigenvalue weighted by molar-refractivity contribution is 5.86. The molecule has 2 fully saturated rings. The lowest BCUT2D eigenvalue weighted by molar-refractivity contribution is -0.138. The van der Waals surface area contributed by atoms with Crippen molar-refractivity contribution in [1.29, 1.82) is 0 Å². The smallest absolute Gasteiger partial charge is 0.416 e. The van der Waals surface area contributed by atoms with Crippen molar-refractivity contribution in [3.05, 3.63) is 57.6 Å². The molecule has 2 aliphatic carbocycles. The molecule has 2 aliphatic rings. The second kappa shape index (κ2) is 10.1. The number of nitrogens with zero attached hydrogens (tertiary/aromatic N) is 2. The molecule has 3 atom stereocenters. The summed E-state index contributed by atoms with van der Waals surface area (Å²) < 4.78 is 82.0. The number of aromatic hydroxyl groups is 2. The van der Waals surface area contributed by atoms with E-state index in [0.29, 0.717) is 19.3 Å². The molecule has 0 spiro atoms. The highest BCUT2D eigenvalue weighted by Crippen LogP contribution is 2.52. The fourth-order valence-corrected chi connectivity index (χ4v) is 5.95. The Morgan fingerprint density at radius 3 is 1.63 bits per heavy atom. The van der Waals surface area contributed by atoms with Crippen LogP contribution in [0.4, 0.5) is 26.3 Å². The van der Waals surface area contributed by atoms with Crippen LogP contribution >= 0.6 is 0 Å². The van der Waals surface area contributed by atoms with E-state index >= 15 is 0 Å². The second-order valence-corrected chi connectivity index (χ2v) is 13.4. The summed E-state index contributed by atoms with van der Waals surface area (Å²) in [5.74, 6) is -0.296. The normalized spacial score (nSPS) is 23.8. The molecule has 0 radical (unpaired) electrons. The molecule has 41 heavy (non-hydrogen) atoms. The highest BCUT2D eigenvalue weighted by atomic mass is 19.4. The first-order chi connectivity index (χ1) is 18.6. The molecule has 3 unspecified atom stereocenters. The van der Waals surface area contributed by atoms with E-state index in [-0.39, 0.29) is 39.7 Å². The van der Waals surface area contributed by atoms with Crippen LogP contribution < -0.4 is 0 Å². The van der Waals surface area contributed by atoms with Gasteiger partial charge in [0, 0.05) is 34.7 Å². The van der Waals surface area contributed by atoms with Crippen molar-refractivity contribution in [3.8, 4) is 11.5 Å². The number of hydrogen-bond donors (Lipinski definition) is 2. The first-order valence-electron chi connectivity index (χ1n) is 13.6. The molecule has 224 valence electrons. The minimum atomic E-state index is -4.62. The van der Waals surface area contributed by atoms with E-state index in [4.69, 9.17) is 4.99 Å². The molecule has 0 heterocycles. The first-order valence-corrected chi connectivity index (χ1v) is 13.6. The van der Waals surface area contributed by atoms with Crippen molar-refractivity contribution in [1.82, 2.24) is 0 Å². The molecule has 2 aromatic rings. The van der Waals surface area contributed by atoms with Crippen LogP contribution in [0.2, 0.25) is 0 Å². The number of phenols is 2. The summed E-state index contributed by atoms with van der Waals surface area (Å²) in [7, 11) is 0. The zero-order valence-corrected chi connectivity index (χ0v) is 24.0. The predicted octanol–water partition coefficient (Wildman–Crippen LogP) is 8.58. The lowest BCUT2D eigenvalue weighted by Gasteiger charge is -2.29. The fraction of sp³-hybridized carbons (Fsp3) is 0.548. The van der Waals surface area contributed by atoms with Gasteiger partial charge >= 0.3 is 12.4 Å². The van der Waals surface area contributed by atoms with Gasteiger partial charge in [-0.1, -0.05) is 41.5 Å². The number of hydrogen-bond acceptors (Lipinski definition) is 4. The highest BCUT2D eigenvalue weighted by Gasteiger charge is 2.52. The van der Waals surface area contributed by atoms with Gasteiger partial charge in [-0.3, -0.25) is 9.98 Å². The predicted molar refractivity (Wildman–Crippen MR) is 147 cm³/mol. The maximum absolute atomic E-state index is 13.7. The molecular formula is C31H36F6N2O2. The van der Waals surface area contributed by atoms with Crippen LogP contribution in [0.3, 0.4) is 0 Å². The molecule has 4 nitrogen and oxygen atoms in total. The van der Waals surface area contributed by atoms with Crippen molar-refractivity contribution in [2.45, 2.75) is 102 Å². The molecule has 10 heteroatoms. The van der Waals surface area contributed by atoms with Gasteiger partial charge in [0.25, 0.3) is 0 Å². The average molecular weight is 583 g/mol. The topological polar surface area (TPSA) is 65.2 Å². The zero-order chi connectivity index (χ0) is 30.8. The summed E-state index contributed by atoms with van der Waals surface area (Å²) in [4.78, 5) is 9.31. The molecule has 2 bridgehead atoms. The van der Waals surface area contributed by atoms with Gasteiger partial charge in [-0.25, -0.2) is 0 Å². The SMILES string of the molecule is CC(C)(C)c1cc(C(F)(F)F)cc(C=NC2CC3CCC2(N=Cc2cc(C(F)(F)F)cc(C(C)(C)C)c2O)C3)c1O. The number of aliphatic imine (C=N–C) groups is 2. The molecule has 0 saturated heterocycles. The van der Waals surface area contributed by atoms with Crippen LogP contribution in [0.25, 0.3) is 0 Å². The molecular weight excluding hydrogens is 546 g/mol. The van der Waals surface area contributed by atoms with Gasteiger partial charge in [0.15, 0.2) is 0 Å². The third kappa shape index (κ3) is 6.26. The Morgan fingerprint density at radius 2 is 1.22 bits per heavy atom. The number of halogens is 6. The number of alkyl halides is 6. The Hall–Kier alpha value is -3.04. The van der Waals surface area contributed by atoms with E-state index < -0.39 is 45.9 Å². The van der Waals surface area contributed by atoms with Crippen molar-refractivity contribution in [2.24, 2.45) is 15.9 Å². The summed E-state index contributed by atoms with van der Waals surface area (Å²) in [6.45, 7) is 10.2. The molecule has 0 aromatic heterocycles. The summed E-state index contributed by atoms with van der Waals surface area (Å²) in [5, 5.41) is 21.7. The summed E-state index contributed by atoms with van der Waals surface area (Å²) in [6, 6.07) is 3.20. The molecule has 2 saturated carbocycles. The summed E-state index contributed by atoms with van der Waals surface area (Å²) >= 11 is 0. The first kappa shape index (κ1) is 30.9. The van der Waals surface area contributed by atoms with Gasteiger partial charge in [-0.15, -0.1) is 0 Å². The maximum atomic E-state index is 13.7. The third-order valence-corrected chi connectivity index (χ3v) is 8.21. The number of rotatable bonds is 4. The van der Waals surface area contributed by atoms with E-state index in [0.717, 1.165) is 30.7 Å². The van der Waals surface area contributed by atoms with Gasteiger partial charge in [0.2, 0.25) is 0 Å².